The molecule has 3 rings (SSSR count). The van der Waals surface area contributed by atoms with E-state index >= 15 is 0 Å². The third-order valence-electron chi connectivity index (χ3n) is 4.46. The number of rotatable bonds is 4. The Morgan fingerprint density at radius 3 is 2.64 bits per heavy atom. The molecule has 1 atom stereocenters. The van der Waals surface area contributed by atoms with Gasteiger partial charge in [-0.25, -0.2) is 0 Å². The maximum Gasteiger partial charge on any atom is 0.246 e. The summed E-state index contributed by atoms with van der Waals surface area (Å²) in [5.41, 5.74) is 2.66. The molecule has 1 heterocycles. The monoisotopic (exact) mass is 339 g/mol. The molecule has 2 aromatic rings. The number of fused-ring (bicyclic) bond motifs is 1. The van der Waals surface area contributed by atoms with Crippen molar-refractivity contribution in [2.45, 2.75) is 32.4 Å². The maximum atomic E-state index is 12.9. The average Bonchev–Trinajstić information content (AvgIpc) is 2.60. The van der Waals surface area contributed by atoms with Crippen LogP contribution in [0.15, 0.2) is 48.5 Å². The molecule has 25 heavy (non-hydrogen) atoms. The van der Waals surface area contributed by atoms with E-state index in [0.29, 0.717) is 11.4 Å². The Morgan fingerprint density at radius 1 is 1.20 bits per heavy atom. The van der Waals surface area contributed by atoms with Gasteiger partial charge in [0.05, 0.1) is 24.2 Å². The third-order valence-corrected chi connectivity index (χ3v) is 4.46. The summed E-state index contributed by atoms with van der Waals surface area (Å²) in [6.07, 6.45) is 0. The molecule has 0 fully saturated rings. The fourth-order valence-electron chi connectivity index (χ4n) is 3.22. The molecule has 1 aliphatic heterocycles. The lowest BCUT2D eigenvalue weighted by Crippen LogP contribution is -2.54. The fraction of sp³-hybridized carbons (Fsp3) is 0.350. The molecule has 1 amide bonds. The van der Waals surface area contributed by atoms with Crippen LogP contribution in [0.5, 0.6) is 5.75 Å². The van der Waals surface area contributed by atoms with Crippen LogP contribution >= 0.6 is 0 Å². The van der Waals surface area contributed by atoms with Crippen LogP contribution < -0.4 is 20.3 Å². The quantitative estimate of drug-likeness (QED) is 0.891. The van der Waals surface area contributed by atoms with Crippen molar-refractivity contribution in [3.8, 4) is 5.75 Å². The minimum atomic E-state index is -0.313. The summed E-state index contributed by atoms with van der Waals surface area (Å²) >= 11 is 0. The van der Waals surface area contributed by atoms with E-state index in [1.165, 1.54) is 0 Å². The fourth-order valence-corrected chi connectivity index (χ4v) is 3.22. The number of hydrogen-bond acceptors (Lipinski definition) is 4. The minimum Gasteiger partial charge on any atom is -0.495 e. The van der Waals surface area contributed by atoms with Gasteiger partial charge in [-0.05, 0) is 45.0 Å². The number of amides is 1. The van der Waals surface area contributed by atoms with Gasteiger partial charge in [-0.3, -0.25) is 4.79 Å². The molecule has 0 radical (unpaired) electrons. The maximum absolute atomic E-state index is 12.9. The minimum absolute atomic E-state index is 0.0583. The summed E-state index contributed by atoms with van der Waals surface area (Å²) in [5.74, 6) is 0.598. The van der Waals surface area contributed by atoms with Crippen LogP contribution in [0.25, 0.3) is 0 Å². The topological polar surface area (TPSA) is 53.6 Å². The van der Waals surface area contributed by atoms with Gasteiger partial charge in [-0.15, -0.1) is 0 Å². The molecule has 2 N–H and O–H groups in total. The van der Waals surface area contributed by atoms with Gasteiger partial charge in [0.1, 0.15) is 11.8 Å². The zero-order chi connectivity index (χ0) is 18.0. The van der Waals surface area contributed by atoms with Crippen LogP contribution in [0.3, 0.4) is 0 Å². The van der Waals surface area contributed by atoms with Crippen molar-refractivity contribution in [3.63, 3.8) is 0 Å². The molecule has 0 saturated carbocycles. The summed E-state index contributed by atoms with van der Waals surface area (Å²) < 4.78 is 5.32. The Labute approximate surface area is 149 Å². The molecule has 0 aliphatic carbocycles. The van der Waals surface area contributed by atoms with Crippen molar-refractivity contribution in [2.75, 3.05) is 29.2 Å². The van der Waals surface area contributed by atoms with E-state index in [2.05, 4.69) is 29.4 Å². The van der Waals surface area contributed by atoms with E-state index in [-0.39, 0.29) is 17.5 Å². The Hall–Kier alpha value is -2.69. The summed E-state index contributed by atoms with van der Waals surface area (Å²) in [7, 11) is 1.60. The number of hydrogen-bond donors (Lipinski definition) is 2. The molecule has 0 bridgehead atoms. The highest BCUT2D eigenvalue weighted by Gasteiger charge is 2.34. The zero-order valence-electron chi connectivity index (χ0n) is 15.2. The van der Waals surface area contributed by atoms with Crippen molar-refractivity contribution in [2.24, 2.45) is 0 Å². The van der Waals surface area contributed by atoms with Crippen LogP contribution in [0, 0.1) is 0 Å². The predicted molar refractivity (Wildman–Crippen MR) is 103 cm³/mol. The lowest BCUT2D eigenvalue weighted by atomic mass is 9.97. The van der Waals surface area contributed by atoms with Crippen LogP contribution in [-0.4, -0.2) is 31.1 Å². The molecule has 0 saturated heterocycles. The summed E-state index contributed by atoms with van der Waals surface area (Å²) in [6, 6.07) is 15.2. The molecule has 5 nitrogen and oxygen atoms in total. The van der Waals surface area contributed by atoms with Crippen molar-refractivity contribution in [3.05, 3.63) is 48.5 Å². The first kappa shape index (κ1) is 17.1. The number of ether oxygens (including phenoxy) is 1. The number of benzene rings is 2. The van der Waals surface area contributed by atoms with Crippen LogP contribution in [0.4, 0.5) is 17.1 Å². The van der Waals surface area contributed by atoms with E-state index in [9.17, 15) is 4.79 Å². The molecule has 0 aromatic heterocycles. The third kappa shape index (κ3) is 3.55. The van der Waals surface area contributed by atoms with E-state index in [1.54, 1.807) is 7.11 Å². The van der Waals surface area contributed by atoms with Gasteiger partial charge in [0.15, 0.2) is 0 Å². The lowest BCUT2D eigenvalue weighted by molar-refractivity contribution is -0.117. The van der Waals surface area contributed by atoms with Crippen LogP contribution in [0.2, 0.25) is 0 Å². The number of methoxy groups -OCH3 is 1. The van der Waals surface area contributed by atoms with Crippen molar-refractivity contribution in [1.82, 2.24) is 0 Å². The average molecular weight is 339 g/mol. The number of para-hydroxylation sites is 4. The second kappa shape index (κ2) is 6.67. The number of nitrogens with zero attached hydrogens (tertiary/aromatic N) is 1. The van der Waals surface area contributed by atoms with Gasteiger partial charge in [0.25, 0.3) is 0 Å². The van der Waals surface area contributed by atoms with Crippen LogP contribution in [0.1, 0.15) is 20.8 Å². The molecule has 2 aromatic carbocycles. The summed E-state index contributed by atoms with van der Waals surface area (Å²) in [6.45, 7) is 6.95. The smallest absolute Gasteiger partial charge is 0.246 e. The van der Waals surface area contributed by atoms with Gasteiger partial charge >= 0.3 is 0 Å². The largest absolute Gasteiger partial charge is 0.495 e. The molecule has 1 unspecified atom stereocenters. The second-order valence-corrected chi connectivity index (χ2v) is 7.02. The first-order valence-electron chi connectivity index (χ1n) is 8.49. The lowest BCUT2D eigenvalue weighted by Gasteiger charge is -2.44. The van der Waals surface area contributed by atoms with Gasteiger partial charge in [-0.1, -0.05) is 24.3 Å². The van der Waals surface area contributed by atoms with E-state index in [4.69, 9.17) is 4.74 Å². The van der Waals surface area contributed by atoms with Crippen molar-refractivity contribution in [1.29, 1.82) is 0 Å². The van der Waals surface area contributed by atoms with Crippen molar-refractivity contribution >= 4 is 23.0 Å². The Morgan fingerprint density at radius 2 is 1.88 bits per heavy atom. The first-order chi connectivity index (χ1) is 11.9. The predicted octanol–water partition coefficient (Wildman–Crippen LogP) is 3.73. The number of nitrogens with one attached hydrogen (secondary N) is 2. The number of carbonyl (C=O) groups excluding carboxylic acids is 1. The van der Waals surface area contributed by atoms with E-state index < -0.39 is 0 Å². The van der Waals surface area contributed by atoms with E-state index in [0.717, 1.165) is 17.9 Å². The molecule has 5 heteroatoms. The van der Waals surface area contributed by atoms with Gasteiger partial charge < -0.3 is 20.3 Å². The van der Waals surface area contributed by atoms with Crippen LogP contribution in [-0.2, 0) is 4.79 Å². The summed E-state index contributed by atoms with van der Waals surface area (Å²) in [4.78, 5) is 15.0. The molecular weight excluding hydrogens is 314 g/mol. The van der Waals surface area contributed by atoms with E-state index in [1.807, 2.05) is 55.5 Å². The highest BCUT2D eigenvalue weighted by atomic mass is 16.5. The first-order valence-corrected chi connectivity index (χ1v) is 8.49. The molecule has 0 spiro atoms. The van der Waals surface area contributed by atoms with Gasteiger partial charge in [-0.2, -0.15) is 0 Å². The standard InChI is InChI=1S/C20H25N3O2/c1-14(19(24)21-16-10-6-8-12-18(16)25-4)23-13-20(2,3)22-15-9-5-7-11-17(15)23/h5-12,14,22H,13H2,1-4H3,(H,21,24). The molecule has 1 aliphatic rings. The SMILES string of the molecule is COc1ccccc1NC(=O)C(C)N1CC(C)(C)Nc2ccccc21. The van der Waals surface area contributed by atoms with Gasteiger partial charge in [0, 0.05) is 12.1 Å². The Bertz CT molecular complexity index is 773. The normalized spacial score (nSPS) is 16.4. The van der Waals surface area contributed by atoms with Gasteiger partial charge in [0.2, 0.25) is 5.91 Å². The summed E-state index contributed by atoms with van der Waals surface area (Å²) in [5, 5.41) is 6.53. The second-order valence-electron chi connectivity index (χ2n) is 7.02. The Kier molecular flexibility index (Phi) is 4.57. The zero-order valence-corrected chi connectivity index (χ0v) is 15.2. The Balaban J connectivity index is 1.85. The highest BCUT2D eigenvalue weighted by molar-refractivity contribution is 5.98. The highest BCUT2D eigenvalue weighted by Crippen LogP contribution is 2.35. The molecular formula is C20H25N3O2. The molecule has 132 valence electrons. The number of anilines is 3. The van der Waals surface area contributed by atoms with Crippen molar-refractivity contribution < 1.29 is 9.53 Å². The number of carbonyl (C=O) groups is 1.